The van der Waals surface area contributed by atoms with E-state index in [4.69, 9.17) is 18.6 Å². The maximum absolute atomic E-state index is 12.1. The molecule has 2 heterocycles. The highest BCUT2D eigenvalue weighted by Gasteiger charge is 2.76. The molecule has 3 fully saturated rings. The fraction of sp³-hybridized carbons (Fsp3) is 0.500. The predicted molar refractivity (Wildman–Crippen MR) is 148 cm³/mol. The molecule has 0 amide bonds. The largest absolute Gasteiger partial charge is 0.463 e. The van der Waals surface area contributed by atoms with Crippen molar-refractivity contribution >= 4 is 24.7 Å². The lowest BCUT2D eigenvalue weighted by Gasteiger charge is -2.44. The average molecular weight is 548 g/mol. The third kappa shape index (κ3) is 4.09. The summed E-state index contributed by atoms with van der Waals surface area (Å²) in [7, 11) is -1.39. The van der Waals surface area contributed by atoms with Crippen molar-refractivity contribution in [3.8, 4) is 0 Å². The summed E-state index contributed by atoms with van der Waals surface area (Å²) in [5.41, 5.74) is -0.215. The van der Waals surface area contributed by atoms with E-state index in [9.17, 15) is 4.79 Å². The van der Waals surface area contributed by atoms with Crippen molar-refractivity contribution < 1.29 is 23.4 Å². The van der Waals surface area contributed by atoms with Gasteiger partial charge in [0.25, 0.3) is 14.1 Å². The molecule has 39 heavy (non-hydrogen) atoms. The molecular formula is C30H37N3O5Si. The van der Waals surface area contributed by atoms with E-state index in [1.807, 2.05) is 13.8 Å². The van der Waals surface area contributed by atoms with Crippen LogP contribution in [-0.2, 0) is 18.6 Å². The molecule has 1 aromatic heterocycles. The molecule has 2 aromatic carbocycles. The van der Waals surface area contributed by atoms with Gasteiger partial charge in [0.2, 0.25) is 0 Å². The van der Waals surface area contributed by atoms with E-state index < -0.39 is 20.1 Å². The summed E-state index contributed by atoms with van der Waals surface area (Å²) in [4.78, 5) is 16.3. The van der Waals surface area contributed by atoms with Gasteiger partial charge in [-0.3, -0.25) is 0 Å². The zero-order chi connectivity index (χ0) is 27.6. The van der Waals surface area contributed by atoms with Crippen LogP contribution in [0.5, 0.6) is 0 Å². The standard InChI is InChI=1S/C30H37N3O5Si/c1-28(2,3)39(20-13-9-7-10-14-20,21-15-11-8-12-16-21)36-18-30-17-22(30)23(24-25(30)38-29(4,5)37-24)33-19-31-26(32-33)27(34)35-6/h7-16,19,22-25H,17-18H2,1-6H3/t22-,23-,24+,25+,30+/m1/s1. The van der Waals surface area contributed by atoms with Crippen LogP contribution < -0.4 is 10.4 Å². The topological polar surface area (TPSA) is 84.7 Å². The van der Waals surface area contributed by atoms with Gasteiger partial charge in [0.05, 0.1) is 19.3 Å². The maximum Gasteiger partial charge on any atom is 0.377 e. The Labute approximate surface area is 230 Å². The van der Waals surface area contributed by atoms with Gasteiger partial charge in [-0.25, -0.2) is 14.5 Å². The van der Waals surface area contributed by atoms with Crippen molar-refractivity contribution in [2.75, 3.05) is 13.7 Å². The zero-order valence-corrected chi connectivity index (χ0v) is 24.5. The van der Waals surface area contributed by atoms with Crippen LogP contribution in [0.3, 0.4) is 0 Å². The monoisotopic (exact) mass is 547 g/mol. The van der Waals surface area contributed by atoms with E-state index in [-0.39, 0.29) is 40.4 Å². The second-order valence-electron chi connectivity index (χ2n) is 12.5. The Kier molecular flexibility index (Phi) is 6.15. The lowest BCUT2D eigenvalue weighted by atomic mass is 10.0. The number of rotatable bonds is 7. The Morgan fingerprint density at radius 3 is 2.23 bits per heavy atom. The van der Waals surface area contributed by atoms with Crippen LogP contribution in [-0.4, -0.2) is 60.8 Å². The van der Waals surface area contributed by atoms with Crippen LogP contribution in [0.15, 0.2) is 67.0 Å². The lowest BCUT2D eigenvalue weighted by Crippen LogP contribution is -2.67. The van der Waals surface area contributed by atoms with Gasteiger partial charge in [-0.15, -0.1) is 5.10 Å². The van der Waals surface area contributed by atoms with Crippen LogP contribution in [0.25, 0.3) is 0 Å². The number of ether oxygens (including phenoxy) is 3. The fourth-order valence-corrected chi connectivity index (χ4v) is 11.7. The smallest absolute Gasteiger partial charge is 0.377 e. The Hall–Kier alpha value is -2.85. The summed E-state index contributed by atoms with van der Waals surface area (Å²) in [6.45, 7) is 11.4. The average Bonchev–Trinajstić information content (AvgIpc) is 3.16. The molecular weight excluding hydrogens is 510 g/mol. The number of carbonyl (C=O) groups excluding carboxylic acids is 1. The minimum absolute atomic E-state index is 0.0499. The second-order valence-corrected chi connectivity index (χ2v) is 16.9. The number of nitrogens with zero attached hydrogens (tertiary/aromatic N) is 3. The van der Waals surface area contributed by atoms with Gasteiger partial charge in [-0.05, 0) is 41.6 Å². The first kappa shape index (κ1) is 26.4. The van der Waals surface area contributed by atoms with Crippen molar-refractivity contribution in [1.82, 2.24) is 14.8 Å². The number of esters is 1. The molecule has 9 heteroatoms. The molecule has 8 nitrogen and oxygen atoms in total. The van der Waals surface area contributed by atoms with Gasteiger partial charge < -0.3 is 18.6 Å². The molecule has 0 N–H and O–H groups in total. The van der Waals surface area contributed by atoms with E-state index in [2.05, 4.69) is 91.5 Å². The molecule has 0 unspecified atom stereocenters. The van der Waals surface area contributed by atoms with Crippen LogP contribution in [0.2, 0.25) is 5.04 Å². The Morgan fingerprint density at radius 2 is 1.67 bits per heavy atom. The van der Waals surface area contributed by atoms with Gasteiger partial charge in [-0.2, -0.15) is 0 Å². The third-order valence-corrected chi connectivity index (χ3v) is 13.8. The van der Waals surface area contributed by atoms with Crippen molar-refractivity contribution in [2.45, 2.75) is 70.1 Å². The van der Waals surface area contributed by atoms with Crippen LogP contribution in [0.4, 0.5) is 0 Å². The summed E-state index contributed by atoms with van der Waals surface area (Å²) in [6, 6.07) is 21.3. The number of benzene rings is 2. The van der Waals surface area contributed by atoms with Crippen LogP contribution in [0, 0.1) is 11.3 Å². The molecule has 6 rings (SSSR count). The predicted octanol–water partition coefficient (Wildman–Crippen LogP) is 3.72. The second kappa shape index (κ2) is 9.09. The lowest BCUT2D eigenvalue weighted by molar-refractivity contribution is -0.163. The Balaban J connectivity index is 1.38. The van der Waals surface area contributed by atoms with E-state index >= 15 is 0 Å². The number of carbonyl (C=O) groups is 1. The summed E-state index contributed by atoms with van der Waals surface area (Å²) < 4.78 is 27.0. The summed E-state index contributed by atoms with van der Waals surface area (Å²) in [5, 5.41) is 6.87. The van der Waals surface area contributed by atoms with Crippen molar-refractivity contribution in [2.24, 2.45) is 11.3 Å². The van der Waals surface area contributed by atoms with Gasteiger partial charge in [0, 0.05) is 12.0 Å². The first-order valence-electron chi connectivity index (χ1n) is 13.6. The van der Waals surface area contributed by atoms with Crippen molar-refractivity contribution in [3.05, 3.63) is 72.8 Å². The number of methoxy groups -OCH3 is 1. The molecule has 1 aliphatic heterocycles. The molecule has 0 spiro atoms. The van der Waals surface area contributed by atoms with Gasteiger partial charge >= 0.3 is 5.97 Å². The van der Waals surface area contributed by atoms with Gasteiger partial charge in [0.15, 0.2) is 5.79 Å². The molecule has 0 bridgehead atoms. The van der Waals surface area contributed by atoms with Crippen molar-refractivity contribution in [3.63, 3.8) is 0 Å². The third-order valence-electron chi connectivity index (χ3n) is 8.78. The highest BCUT2D eigenvalue weighted by atomic mass is 28.4. The highest BCUT2D eigenvalue weighted by molar-refractivity contribution is 6.99. The summed E-state index contributed by atoms with van der Waals surface area (Å²) in [6.07, 6.45) is 2.18. The van der Waals surface area contributed by atoms with Crippen LogP contribution in [0.1, 0.15) is 57.7 Å². The fourth-order valence-electron chi connectivity index (χ4n) is 7.04. The maximum atomic E-state index is 12.1. The van der Waals surface area contributed by atoms with Crippen molar-refractivity contribution in [1.29, 1.82) is 0 Å². The summed E-state index contributed by atoms with van der Waals surface area (Å²) in [5.74, 6) is -0.996. The highest BCUT2D eigenvalue weighted by Crippen LogP contribution is 2.71. The van der Waals surface area contributed by atoms with Gasteiger partial charge in [0.1, 0.15) is 12.4 Å². The SMILES string of the molecule is COC(=O)c1ncn([C@H]2[C@@H]3OC(C)(C)O[C@@H]3[C@]3(CO[Si](c4ccccc4)(c4ccccc4)C(C)(C)C)C[C@H]23)n1. The number of hydrogen-bond donors (Lipinski definition) is 0. The first-order valence-corrected chi connectivity index (χ1v) is 15.5. The van der Waals surface area contributed by atoms with Gasteiger partial charge in [-0.1, -0.05) is 81.4 Å². The molecule has 2 aliphatic carbocycles. The zero-order valence-electron chi connectivity index (χ0n) is 23.5. The number of aromatic nitrogens is 3. The molecule has 5 atom stereocenters. The molecule has 3 aromatic rings. The normalized spacial score (nSPS) is 29.1. The first-order chi connectivity index (χ1) is 18.5. The minimum atomic E-state index is -2.73. The molecule has 0 radical (unpaired) electrons. The van der Waals surface area contributed by atoms with Crippen LogP contribution >= 0.6 is 0 Å². The molecule has 206 valence electrons. The van der Waals surface area contributed by atoms with E-state index in [0.29, 0.717) is 6.61 Å². The Morgan fingerprint density at radius 1 is 1.05 bits per heavy atom. The number of hydrogen-bond acceptors (Lipinski definition) is 7. The van der Waals surface area contributed by atoms with E-state index in [1.54, 1.807) is 11.0 Å². The number of fused-ring (bicyclic) bond motifs is 3. The molecule has 3 aliphatic rings. The minimum Gasteiger partial charge on any atom is -0.463 e. The quantitative estimate of drug-likeness (QED) is 0.329. The summed E-state index contributed by atoms with van der Waals surface area (Å²) >= 11 is 0. The van der Waals surface area contributed by atoms with E-state index in [1.165, 1.54) is 17.5 Å². The van der Waals surface area contributed by atoms with E-state index in [0.717, 1.165) is 6.42 Å². The Bertz CT molecular complexity index is 1320. The molecule has 1 saturated heterocycles. The molecule has 2 saturated carbocycles.